The Morgan fingerprint density at radius 3 is 2.27 bits per heavy atom. The van der Waals surface area contributed by atoms with Crippen molar-refractivity contribution in [3.05, 3.63) is 77.4 Å². The van der Waals surface area contributed by atoms with Crippen molar-refractivity contribution < 1.29 is 18.0 Å². The predicted octanol–water partition coefficient (Wildman–Crippen LogP) is 4.83. The number of hydrogen-bond acceptors (Lipinski definition) is 8. The summed E-state index contributed by atoms with van der Waals surface area (Å²) >= 11 is 0. The average molecular weight is 608 g/mol. The minimum atomic E-state index is -4.60. The van der Waals surface area contributed by atoms with Crippen LogP contribution in [0.25, 0.3) is 11.1 Å². The second kappa shape index (κ2) is 13.0. The largest absolute Gasteiger partial charge is 0.417 e. The zero-order valence-electron chi connectivity index (χ0n) is 24.9. The minimum absolute atomic E-state index is 0.0607. The van der Waals surface area contributed by atoms with Gasteiger partial charge in [-0.3, -0.25) is 9.48 Å². The first-order valence-corrected chi connectivity index (χ1v) is 14.4. The molecule has 1 fully saturated rings. The van der Waals surface area contributed by atoms with Gasteiger partial charge in [-0.2, -0.15) is 18.3 Å². The Morgan fingerprint density at radius 1 is 0.955 bits per heavy atom. The summed E-state index contributed by atoms with van der Waals surface area (Å²) < 4.78 is 44.6. The third-order valence-corrected chi connectivity index (χ3v) is 7.67. The van der Waals surface area contributed by atoms with Crippen molar-refractivity contribution in [1.82, 2.24) is 29.5 Å². The Kier molecular flexibility index (Phi) is 9.16. The van der Waals surface area contributed by atoms with Crippen LogP contribution in [-0.4, -0.2) is 75.2 Å². The molecule has 4 N–H and O–H groups in total. The van der Waals surface area contributed by atoms with E-state index in [1.54, 1.807) is 43.0 Å². The highest BCUT2D eigenvalue weighted by atomic mass is 19.4. The van der Waals surface area contributed by atoms with Crippen LogP contribution in [0.1, 0.15) is 34.2 Å². The molecule has 2 aromatic heterocycles. The van der Waals surface area contributed by atoms with E-state index in [9.17, 15) is 18.0 Å². The predicted molar refractivity (Wildman–Crippen MR) is 164 cm³/mol. The van der Waals surface area contributed by atoms with Crippen molar-refractivity contribution >= 4 is 28.9 Å². The minimum Gasteiger partial charge on any atom is -0.364 e. The van der Waals surface area contributed by atoms with Crippen molar-refractivity contribution in [1.29, 1.82) is 0 Å². The molecule has 0 spiro atoms. The molecule has 2 aromatic carbocycles. The molecule has 0 aliphatic carbocycles. The third kappa shape index (κ3) is 7.34. The highest BCUT2D eigenvalue weighted by Crippen LogP contribution is 2.39. The molecule has 0 unspecified atom stereocenters. The number of halogens is 3. The fourth-order valence-corrected chi connectivity index (χ4v) is 5.15. The standard InChI is InChI=1S/C31H36F3N9O/c1-4-26-29(40-30(27(39-26)28(35)44)38-23-18-36-42(3)19-23)37-22-9-10-24(25(17-22)31(32,33)34)21-7-5-20(6-8-21)11-12-43-15-13-41(2)14-16-43/h5-10,17-19H,4,11-16H2,1-3H3,(H2,35,44)(H2,37,38,40). The molecule has 0 saturated carbocycles. The highest BCUT2D eigenvalue weighted by Gasteiger charge is 2.34. The number of nitrogens with zero attached hydrogens (tertiary/aromatic N) is 6. The van der Waals surface area contributed by atoms with Gasteiger partial charge < -0.3 is 26.2 Å². The number of anilines is 4. The fraction of sp³-hybridized carbons (Fsp3) is 0.355. The number of rotatable bonds is 10. The van der Waals surface area contributed by atoms with Crippen LogP contribution in [0.5, 0.6) is 0 Å². The van der Waals surface area contributed by atoms with Crippen molar-refractivity contribution in [2.24, 2.45) is 12.8 Å². The van der Waals surface area contributed by atoms with E-state index in [-0.39, 0.29) is 28.6 Å². The van der Waals surface area contributed by atoms with Crippen molar-refractivity contribution in [3.63, 3.8) is 0 Å². The SMILES string of the molecule is CCc1nc(C(N)=O)c(Nc2cnn(C)c2)nc1Nc1ccc(-c2ccc(CCN3CCN(C)CC3)cc2)c(C(F)(F)F)c1. The monoisotopic (exact) mass is 607 g/mol. The summed E-state index contributed by atoms with van der Waals surface area (Å²) in [6.07, 6.45) is -0.210. The second-order valence-corrected chi connectivity index (χ2v) is 10.9. The number of amides is 1. The number of likely N-dealkylation sites (N-methyl/N-ethyl adjacent to an activating group) is 1. The third-order valence-electron chi connectivity index (χ3n) is 7.67. The van der Waals surface area contributed by atoms with Crippen molar-refractivity contribution in [3.8, 4) is 11.1 Å². The maximum absolute atomic E-state index is 14.3. The molecule has 1 saturated heterocycles. The zero-order valence-corrected chi connectivity index (χ0v) is 24.9. The molecule has 0 bridgehead atoms. The lowest BCUT2D eigenvalue weighted by Gasteiger charge is -2.32. The van der Waals surface area contributed by atoms with Gasteiger partial charge in [0.15, 0.2) is 17.3 Å². The van der Waals surface area contributed by atoms with E-state index in [4.69, 9.17) is 5.73 Å². The second-order valence-electron chi connectivity index (χ2n) is 10.9. The molecule has 1 aliphatic rings. The average Bonchev–Trinajstić information content (AvgIpc) is 3.41. The van der Waals surface area contributed by atoms with Crippen LogP contribution in [0.3, 0.4) is 0 Å². The summed E-state index contributed by atoms with van der Waals surface area (Å²) in [5.41, 5.74) is 7.42. The van der Waals surface area contributed by atoms with Gasteiger partial charge in [0.1, 0.15) is 0 Å². The van der Waals surface area contributed by atoms with Crippen LogP contribution in [0.4, 0.5) is 36.2 Å². The van der Waals surface area contributed by atoms with Gasteiger partial charge in [-0.05, 0) is 48.7 Å². The molecule has 0 radical (unpaired) electrons. The van der Waals surface area contributed by atoms with E-state index < -0.39 is 17.6 Å². The lowest BCUT2D eigenvalue weighted by atomic mass is 9.97. The first kappa shape index (κ1) is 31.0. The van der Waals surface area contributed by atoms with Gasteiger partial charge in [-0.1, -0.05) is 37.3 Å². The number of benzene rings is 2. The summed E-state index contributed by atoms with van der Waals surface area (Å²) in [6, 6.07) is 11.4. The Hall–Kier alpha value is -4.49. The summed E-state index contributed by atoms with van der Waals surface area (Å²) in [7, 11) is 3.84. The number of aromatic nitrogens is 4. The van der Waals surface area contributed by atoms with E-state index in [0.29, 0.717) is 23.4 Å². The number of nitrogens with one attached hydrogen (secondary N) is 2. The normalized spacial score (nSPS) is 14.5. The molecular formula is C31H36F3N9O. The molecule has 5 rings (SSSR count). The number of piperazine rings is 1. The summed E-state index contributed by atoms with van der Waals surface area (Å²) in [4.78, 5) is 25.7. The van der Waals surface area contributed by atoms with E-state index in [1.807, 2.05) is 12.1 Å². The quantitative estimate of drug-likeness (QED) is 0.235. The number of alkyl halides is 3. The first-order chi connectivity index (χ1) is 21.0. The van der Waals surface area contributed by atoms with Gasteiger partial charge in [-0.25, -0.2) is 9.97 Å². The maximum Gasteiger partial charge on any atom is 0.417 e. The molecular weight excluding hydrogens is 571 g/mol. The Morgan fingerprint density at radius 2 is 1.66 bits per heavy atom. The van der Waals surface area contributed by atoms with Gasteiger partial charge in [0.25, 0.3) is 5.91 Å². The van der Waals surface area contributed by atoms with Crippen LogP contribution in [-0.2, 0) is 26.1 Å². The molecule has 0 atom stereocenters. The van der Waals surface area contributed by atoms with E-state index in [0.717, 1.165) is 50.8 Å². The number of carbonyl (C=O) groups is 1. The molecule has 10 nitrogen and oxygen atoms in total. The Bertz CT molecular complexity index is 1610. The van der Waals surface area contributed by atoms with Crippen LogP contribution in [0.15, 0.2) is 54.9 Å². The van der Waals surface area contributed by atoms with Gasteiger partial charge in [0.05, 0.1) is 23.1 Å². The van der Waals surface area contributed by atoms with Crippen molar-refractivity contribution in [2.45, 2.75) is 25.9 Å². The van der Waals surface area contributed by atoms with Gasteiger partial charge in [-0.15, -0.1) is 0 Å². The molecule has 1 aliphatic heterocycles. The van der Waals surface area contributed by atoms with E-state index in [2.05, 4.69) is 42.5 Å². The summed E-state index contributed by atoms with van der Waals surface area (Å²) in [5, 5.41) is 10.0. The van der Waals surface area contributed by atoms with Crippen molar-refractivity contribution in [2.75, 3.05) is 50.4 Å². The van der Waals surface area contributed by atoms with Crippen LogP contribution < -0.4 is 16.4 Å². The molecule has 1 amide bonds. The first-order valence-electron chi connectivity index (χ1n) is 14.4. The van der Waals surface area contributed by atoms with Crippen LogP contribution >= 0.6 is 0 Å². The Labute approximate surface area is 254 Å². The lowest BCUT2D eigenvalue weighted by Crippen LogP contribution is -2.45. The number of carbonyl (C=O) groups excluding carboxylic acids is 1. The topological polar surface area (TPSA) is 117 Å². The maximum atomic E-state index is 14.3. The number of aryl methyl sites for hydroxylation is 2. The van der Waals surface area contributed by atoms with Gasteiger partial charge in [0, 0.05) is 51.7 Å². The molecule has 4 aromatic rings. The molecule has 13 heteroatoms. The number of nitrogens with two attached hydrogens (primary N) is 1. The van der Waals surface area contributed by atoms with Crippen LogP contribution in [0.2, 0.25) is 0 Å². The molecule has 232 valence electrons. The number of hydrogen-bond donors (Lipinski definition) is 3. The highest BCUT2D eigenvalue weighted by molar-refractivity contribution is 5.96. The smallest absolute Gasteiger partial charge is 0.364 e. The van der Waals surface area contributed by atoms with Gasteiger partial charge in [0.2, 0.25) is 0 Å². The van der Waals surface area contributed by atoms with E-state index in [1.165, 1.54) is 12.3 Å². The summed E-state index contributed by atoms with van der Waals surface area (Å²) in [6.45, 7) is 6.84. The molecule has 3 heterocycles. The van der Waals surface area contributed by atoms with E-state index >= 15 is 0 Å². The molecule has 44 heavy (non-hydrogen) atoms. The zero-order chi connectivity index (χ0) is 31.4. The number of primary amides is 1. The fourth-order valence-electron chi connectivity index (χ4n) is 5.15. The van der Waals surface area contributed by atoms with Gasteiger partial charge >= 0.3 is 6.18 Å². The summed E-state index contributed by atoms with van der Waals surface area (Å²) in [5.74, 6) is -0.528. The Balaban J connectivity index is 1.39. The van der Waals surface area contributed by atoms with Crippen LogP contribution in [0, 0.1) is 0 Å². The lowest BCUT2D eigenvalue weighted by molar-refractivity contribution is -0.137.